The predicted octanol–water partition coefficient (Wildman–Crippen LogP) is 2.13. The van der Waals surface area contributed by atoms with E-state index in [-0.39, 0.29) is 5.09 Å². The lowest BCUT2D eigenvalue weighted by Gasteiger charge is -2.01. The molecule has 2 aromatic rings. The summed E-state index contributed by atoms with van der Waals surface area (Å²) in [6.45, 7) is 0.485. The molecule has 1 fully saturated rings. The van der Waals surface area contributed by atoms with Crippen molar-refractivity contribution >= 4 is 26.5 Å². The van der Waals surface area contributed by atoms with E-state index in [4.69, 9.17) is 4.42 Å². The van der Waals surface area contributed by atoms with Crippen molar-refractivity contribution in [3.8, 4) is 0 Å². The van der Waals surface area contributed by atoms with Crippen LogP contribution in [0.3, 0.4) is 0 Å². The Balaban J connectivity index is 1.76. The van der Waals surface area contributed by atoms with Gasteiger partial charge in [0.2, 0.25) is 5.09 Å². The average Bonchev–Trinajstić information content (AvgIpc) is 2.95. The van der Waals surface area contributed by atoms with Gasteiger partial charge in [-0.2, -0.15) is 8.42 Å². The summed E-state index contributed by atoms with van der Waals surface area (Å²) in [6, 6.07) is 3.09. The van der Waals surface area contributed by atoms with Crippen molar-refractivity contribution in [1.82, 2.24) is 10.3 Å². The van der Waals surface area contributed by atoms with Gasteiger partial charge in [-0.1, -0.05) is 0 Å². The maximum Gasteiger partial charge on any atom is 0.297 e. The Bertz CT molecular complexity index is 701. The topological polar surface area (TPSA) is 84.2 Å². The Morgan fingerprint density at radius 3 is 2.95 bits per heavy atom. The summed E-state index contributed by atoms with van der Waals surface area (Å²) in [5.74, 6) is 1.08. The lowest BCUT2D eigenvalue weighted by atomic mass is 10.3. The fraction of sp³-hybridized carbons (Fsp3) is 0.417. The largest absolute Gasteiger partial charge is 0.446 e. The van der Waals surface area contributed by atoms with Gasteiger partial charge in [0.15, 0.2) is 5.13 Å². The molecule has 8 heteroatoms. The van der Waals surface area contributed by atoms with Gasteiger partial charge < -0.3 is 9.73 Å². The molecule has 0 saturated heterocycles. The molecule has 0 unspecified atom stereocenters. The molecule has 20 heavy (non-hydrogen) atoms. The highest BCUT2D eigenvalue weighted by molar-refractivity contribution is 7.92. The van der Waals surface area contributed by atoms with E-state index in [0.29, 0.717) is 23.4 Å². The molecule has 1 saturated carbocycles. The van der Waals surface area contributed by atoms with Gasteiger partial charge in [0.1, 0.15) is 5.76 Å². The first kappa shape index (κ1) is 13.6. The van der Waals surface area contributed by atoms with Crippen LogP contribution in [0.5, 0.6) is 0 Å². The molecule has 108 valence electrons. The molecule has 0 bridgehead atoms. The third-order valence-electron chi connectivity index (χ3n) is 2.99. The predicted molar refractivity (Wildman–Crippen MR) is 76.4 cm³/mol. The zero-order chi connectivity index (χ0) is 14.2. The molecule has 0 radical (unpaired) electrons. The number of nitrogens with zero attached hydrogens (tertiary/aromatic N) is 1. The van der Waals surface area contributed by atoms with Crippen molar-refractivity contribution in [1.29, 1.82) is 0 Å². The summed E-state index contributed by atoms with van der Waals surface area (Å²) in [4.78, 5) is 4.30. The second-order valence-electron chi connectivity index (χ2n) is 4.71. The van der Waals surface area contributed by atoms with Crippen LogP contribution in [0.25, 0.3) is 0 Å². The first-order chi connectivity index (χ1) is 9.58. The third-order valence-corrected chi connectivity index (χ3v) is 5.11. The highest BCUT2D eigenvalue weighted by atomic mass is 32.2. The summed E-state index contributed by atoms with van der Waals surface area (Å²) in [5.41, 5.74) is 0.975. The Morgan fingerprint density at radius 1 is 1.45 bits per heavy atom. The number of sulfonamides is 1. The van der Waals surface area contributed by atoms with Crippen molar-refractivity contribution in [2.75, 3.05) is 11.8 Å². The Kier molecular flexibility index (Phi) is 3.53. The molecule has 0 atom stereocenters. The fourth-order valence-corrected chi connectivity index (χ4v) is 3.83. The first-order valence-corrected chi connectivity index (χ1v) is 8.66. The zero-order valence-corrected chi connectivity index (χ0v) is 12.6. The minimum atomic E-state index is -3.70. The van der Waals surface area contributed by atoms with E-state index in [1.807, 2.05) is 5.38 Å². The molecule has 2 N–H and O–H groups in total. The van der Waals surface area contributed by atoms with E-state index in [9.17, 15) is 8.42 Å². The van der Waals surface area contributed by atoms with Crippen molar-refractivity contribution < 1.29 is 12.8 Å². The monoisotopic (exact) mass is 313 g/mol. The number of rotatable bonds is 6. The molecule has 1 aliphatic rings. The maximum absolute atomic E-state index is 12.2. The Labute approximate surface area is 121 Å². The van der Waals surface area contributed by atoms with E-state index in [0.717, 1.165) is 18.5 Å². The fourth-order valence-electron chi connectivity index (χ4n) is 1.84. The van der Waals surface area contributed by atoms with Crippen molar-refractivity contribution in [3.63, 3.8) is 0 Å². The van der Waals surface area contributed by atoms with Crippen LogP contribution in [-0.2, 0) is 16.6 Å². The number of thiazole rings is 1. The number of furan rings is 1. The molecule has 0 spiro atoms. The van der Waals surface area contributed by atoms with Gasteiger partial charge in [0.25, 0.3) is 10.0 Å². The van der Waals surface area contributed by atoms with Crippen LogP contribution in [0.4, 0.5) is 5.13 Å². The normalized spacial score (nSPS) is 15.4. The van der Waals surface area contributed by atoms with Crippen LogP contribution in [0.1, 0.15) is 30.2 Å². The second-order valence-corrected chi connectivity index (χ2v) is 7.18. The molecule has 3 rings (SSSR count). The van der Waals surface area contributed by atoms with E-state index in [2.05, 4.69) is 15.0 Å². The van der Waals surface area contributed by atoms with Gasteiger partial charge in [0.05, 0.1) is 12.2 Å². The Hall–Kier alpha value is -1.38. The highest BCUT2D eigenvalue weighted by Gasteiger charge is 2.27. The number of nitrogens with one attached hydrogen (secondary N) is 2. The molecule has 1 aliphatic carbocycles. The van der Waals surface area contributed by atoms with Crippen molar-refractivity contribution in [2.24, 2.45) is 0 Å². The smallest absolute Gasteiger partial charge is 0.297 e. The van der Waals surface area contributed by atoms with Crippen molar-refractivity contribution in [3.05, 3.63) is 29.0 Å². The summed E-state index contributed by atoms with van der Waals surface area (Å²) in [7, 11) is -1.93. The quantitative estimate of drug-likeness (QED) is 0.853. The average molecular weight is 313 g/mol. The SMILES string of the molecule is CNCc1ccc(S(=O)(=O)Nc2nc(C3CC3)cs2)o1. The van der Waals surface area contributed by atoms with Crippen LogP contribution in [-0.4, -0.2) is 20.4 Å². The van der Waals surface area contributed by atoms with Crippen LogP contribution in [0.2, 0.25) is 0 Å². The van der Waals surface area contributed by atoms with Crippen molar-refractivity contribution in [2.45, 2.75) is 30.4 Å². The molecular weight excluding hydrogens is 298 g/mol. The van der Waals surface area contributed by atoms with E-state index in [1.165, 1.54) is 17.4 Å². The summed E-state index contributed by atoms with van der Waals surface area (Å²) >= 11 is 1.30. The number of hydrogen-bond donors (Lipinski definition) is 2. The summed E-state index contributed by atoms with van der Waals surface area (Å²) < 4.78 is 32.1. The number of aromatic nitrogens is 1. The molecule has 6 nitrogen and oxygen atoms in total. The second kappa shape index (κ2) is 5.19. The van der Waals surface area contributed by atoms with Crippen LogP contribution in [0, 0.1) is 0 Å². The lowest BCUT2D eigenvalue weighted by Crippen LogP contribution is -2.12. The number of hydrogen-bond acceptors (Lipinski definition) is 6. The molecule has 2 aromatic heterocycles. The standard InChI is InChI=1S/C12H15N3O3S2/c1-13-6-9-4-5-11(18-9)20(16,17)15-12-14-10(7-19-12)8-2-3-8/h4-5,7-8,13H,2-3,6H2,1H3,(H,14,15). The Morgan fingerprint density at radius 2 is 2.25 bits per heavy atom. The minimum Gasteiger partial charge on any atom is -0.446 e. The lowest BCUT2D eigenvalue weighted by molar-refractivity contribution is 0.408. The number of anilines is 1. The van der Waals surface area contributed by atoms with Gasteiger partial charge in [-0.3, -0.25) is 4.72 Å². The third kappa shape index (κ3) is 2.87. The molecule has 0 amide bonds. The summed E-state index contributed by atoms with van der Waals surface area (Å²) in [5, 5.41) is 5.10. The minimum absolute atomic E-state index is 0.0917. The first-order valence-electron chi connectivity index (χ1n) is 6.30. The van der Waals surface area contributed by atoms with E-state index in [1.54, 1.807) is 13.1 Å². The molecular formula is C12H15N3O3S2. The van der Waals surface area contributed by atoms with E-state index < -0.39 is 10.0 Å². The molecule has 0 aromatic carbocycles. The van der Waals surface area contributed by atoms with Crippen LogP contribution >= 0.6 is 11.3 Å². The van der Waals surface area contributed by atoms with Gasteiger partial charge in [-0.25, -0.2) is 4.98 Å². The van der Waals surface area contributed by atoms with Gasteiger partial charge in [-0.15, -0.1) is 11.3 Å². The van der Waals surface area contributed by atoms with Gasteiger partial charge in [-0.05, 0) is 32.0 Å². The maximum atomic E-state index is 12.2. The summed E-state index contributed by atoms with van der Waals surface area (Å²) in [6.07, 6.45) is 2.28. The van der Waals surface area contributed by atoms with E-state index >= 15 is 0 Å². The van der Waals surface area contributed by atoms with Gasteiger partial charge in [0, 0.05) is 11.3 Å². The molecule has 0 aliphatic heterocycles. The highest BCUT2D eigenvalue weighted by Crippen LogP contribution is 2.41. The van der Waals surface area contributed by atoms with Gasteiger partial charge >= 0.3 is 0 Å². The van der Waals surface area contributed by atoms with Crippen LogP contribution in [0.15, 0.2) is 27.0 Å². The zero-order valence-electron chi connectivity index (χ0n) is 10.9. The van der Waals surface area contributed by atoms with Crippen LogP contribution < -0.4 is 10.0 Å². The molecule has 2 heterocycles.